The highest BCUT2D eigenvalue weighted by atomic mass is 32.2. The zero-order valence-corrected chi connectivity index (χ0v) is 15.2. The van der Waals surface area contributed by atoms with E-state index in [2.05, 4.69) is 36.9 Å². The van der Waals surface area contributed by atoms with Gasteiger partial charge in [0.1, 0.15) is 12.6 Å². The molecule has 2 aliphatic rings. The highest BCUT2D eigenvalue weighted by Gasteiger charge is 2.27. The number of quaternary nitrogens is 1. The third-order valence-electron chi connectivity index (χ3n) is 4.29. The van der Waals surface area contributed by atoms with E-state index < -0.39 is 0 Å². The standard InChI is InChI=1S/C15H32N3OS2/c1-18(2,20)11-15-9-13(6-8-19-15)12-21-17-10-14-5-3-4-7-16-14/h13-17,20H,3-12H2,1-2H3/q+1. The summed E-state index contributed by atoms with van der Waals surface area (Å²) < 4.78 is 10.1. The first kappa shape index (κ1) is 17.9. The average Bonchev–Trinajstić information content (AvgIpc) is 2.43. The Morgan fingerprint density at radius 1 is 1.33 bits per heavy atom. The van der Waals surface area contributed by atoms with Gasteiger partial charge in [0.05, 0.1) is 26.9 Å². The SMILES string of the molecule is C[N+](C)(S)CC1CC(CSNCC2CCCCN2)CCO1. The molecule has 2 fully saturated rings. The summed E-state index contributed by atoms with van der Waals surface area (Å²) in [5.41, 5.74) is 0. The van der Waals surface area contributed by atoms with E-state index in [1.165, 1.54) is 44.4 Å². The zero-order valence-electron chi connectivity index (χ0n) is 13.5. The Balaban J connectivity index is 1.57. The topological polar surface area (TPSA) is 33.3 Å². The van der Waals surface area contributed by atoms with E-state index in [4.69, 9.17) is 4.74 Å². The number of nitrogens with one attached hydrogen (secondary N) is 2. The van der Waals surface area contributed by atoms with Crippen molar-refractivity contribution in [2.75, 3.05) is 46.1 Å². The molecule has 0 aliphatic carbocycles. The predicted molar refractivity (Wildman–Crippen MR) is 94.5 cm³/mol. The van der Waals surface area contributed by atoms with Crippen LogP contribution >= 0.6 is 24.8 Å². The van der Waals surface area contributed by atoms with Gasteiger partial charge in [-0.15, -0.1) is 0 Å². The van der Waals surface area contributed by atoms with Crippen LogP contribution in [0.5, 0.6) is 0 Å². The molecule has 4 nitrogen and oxygen atoms in total. The van der Waals surface area contributed by atoms with Crippen LogP contribution in [0.1, 0.15) is 32.1 Å². The van der Waals surface area contributed by atoms with E-state index >= 15 is 0 Å². The van der Waals surface area contributed by atoms with Crippen molar-refractivity contribution in [3.8, 4) is 0 Å². The molecule has 6 heteroatoms. The third kappa shape index (κ3) is 7.57. The predicted octanol–water partition coefficient (Wildman–Crippen LogP) is 2.08. The van der Waals surface area contributed by atoms with Crippen molar-refractivity contribution < 1.29 is 8.63 Å². The first-order valence-corrected chi connectivity index (χ1v) is 9.67. The maximum absolute atomic E-state index is 5.88. The Labute approximate surface area is 140 Å². The Kier molecular flexibility index (Phi) is 7.66. The monoisotopic (exact) mass is 334 g/mol. The molecule has 3 atom stereocenters. The van der Waals surface area contributed by atoms with E-state index in [1.807, 2.05) is 11.9 Å². The Morgan fingerprint density at radius 2 is 2.19 bits per heavy atom. The lowest BCUT2D eigenvalue weighted by Crippen LogP contribution is -2.42. The largest absolute Gasteiger partial charge is 0.372 e. The van der Waals surface area contributed by atoms with E-state index in [0.717, 1.165) is 25.6 Å². The van der Waals surface area contributed by atoms with Crippen molar-refractivity contribution in [3.05, 3.63) is 0 Å². The van der Waals surface area contributed by atoms with Crippen molar-refractivity contribution in [2.24, 2.45) is 5.92 Å². The lowest BCUT2D eigenvalue weighted by molar-refractivity contribution is -0.752. The summed E-state index contributed by atoms with van der Waals surface area (Å²) in [6.07, 6.45) is 6.79. The normalized spacial score (nSPS) is 31.3. The molecule has 0 aromatic carbocycles. The molecule has 0 radical (unpaired) electrons. The van der Waals surface area contributed by atoms with Gasteiger partial charge in [0.2, 0.25) is 0 Å². The van der Waals surface area contributed by atoms with Gasteiger partial charge in [-0.1, -0.05) is 18.4 Å². The minimum atomic E-state index is 0.372. The molecule has 3 unspecified atom stereocenters. The Hall–Kier alpha value is 0.540. The molecule has 0 aromatic heterocycles. The van der Waals surface area contributed by atoms with Gasteiger partial charge in [-0.2, -0.15) is 0 Å². The third-order valence-corrected chi connectivity index (χ3v) is 5.46. The molecule has 2 saturated heterocycles. The quantitative estimate of drug-likeness (QED) is 0.288. The van der Waals surface area contributed by atoms with E-state index in [1.54, 1.807) is 0 Å². The maximum Gasteiger partial charge on any atom is 0.115 e. The number of hydrogen-bond donors (Lipinski definition) is 3. The molecule has 0 saturated carbocycles. The number of hydrogen-bond acceptors (Lipinski definition) is 5. The summed E-state index contributed by atoms with van der Waals surface area (Å²) in [6, 6.07) is 0.677. The number of rotatable bonds is 7. The highest BCUT2D eigenvalue weighted by molar-refractivity contribution is 7.97. The van der Waals surface area contributed by atoms with Crippen LogP contribution in [0, 0.1) is 5.92 Å². The first-order valence-electron chi connectivity index (χ1n) is 8.28. The van der Waals surface area contributed by atoms with Crippen LogP contribution < -0.4 is 10.0 Å². The van der Waals surface area contributed by atoms with Gasteiger partial charge in [0.25, 0.3) is 0 Å². The number of nitrogens with zero attached hydrogens (tertiary/aromatic N) is 1. The minimum Gasteiger partial charge on any atom is -0.372 e. The minimum absolute atomic E-state index is 0.372. The molecule has 0 spiro atoms. The maximum atomic E-state index is 5.88. The fourth-order valence-electron chi connectivity index (χ4n) is 3.17. The molecule has 0 aromatic rings. The number of ether oxygens (including phenoxy) is 1. The van der Waals surface area contributed by atoms with Gasteiger partial charge in [-0.3, -0.25) is 8.61 Å². The molecular formula is C15H32N3OS2+. The van der Waals surface area contributed by atoms with Crippen molar-refractivity contribution in [3.63, 3.8) is 0 Å². The van der Waals surface area contributed by atoms with Crippen molar-refractivity contribution >= 4 is 24.8 Å². The fraction of sp³-hybridized carbons (Fsp3) is 1.00. The summed E-state index contributed by atoms with van der Waals surface area (Å²) in [7, 11) is 4.23. The second-order valence-corrected chi connectivity index (χ2v) is 8.99. The zero-order chi connectivity index (χ0) is 15.1. The van der Waals surface area contributed by atoms with Gasteiger partial charge in [0, 0.05) is 24.9 Å². The molecule has 2 aliphatic heterocycles. The van der Waals surface area contributed by atoms with E-state index in [-0.39, 0.29) is 0 Å². The van der Waals surface area contributed by atoms with Gasteiger partial charge in [-0.05, 0) is 38.1 Å². The summed E-state index contributed by atoms with van der Waals surface area (Å²) >= 11 is 6.48. The van der Waals surface area contributed by atoms with Crippen molar-refractivity contribution in [1.29, 1.82) is 0 Å². The van der Waals surface area contributed by atoms with Crippen LogP contribution in [0.2, 0.25) is 0 Å². The lowest BCUT2D eigenvalue weighted by Gasteiger charge is -2.33. The smallest absolute Gasteiger partial charge is 0.115 e. The lowest BCUT2D eigenvalue weighted by atomic mass is 9.97. The molecule has 2 heterocycles. The summed E-state index contributed by atoms with van der Waals surface area (Å²) in [6.45, 7) is 4.19. The molecule has 21 heavy (non-hydrogen) atoms. The van der Waals surface area contributed by atoms with E-state index in [9.17, 15) is 0 Å². The van der Waals surface area contributed by atoms with Crippen molar-refractivity contribution in [2.45, 2.75) is 44.2 Å². The number of likely N-dealkylation sites (N-methyl/N-ethyl adjacent to an activating group) is 1. The summed E-state index contributed by atoms with van der Waals surface area (Å²) in [5.74, 6) is 1.98. The van der Waals surface area contributed by atoms with Gasteiger partial charge in [0.15, 0.2) is 0 Å². The van der Waals surface area contributed by atoms with Crippen LogP contribution in [0.4, 0.5) is 0 Å². The van der Waals surface area contributed by atoms with Gasteiger partial charge in [-0.25, -0.2) is 0 Å². The summed E-state index contributed by atoms with van der Waals surface area (Å²) in [4.78, 5) is 0. The highest BCUT2D eigenvalue weighted by Crippen LogP contribution is 2.25. The van der Waals surface area contributed by atoms with Crippen LogP contribution in [0.25, 0.3) is 0 Å². The van der Waals surface area contributed by atoms with Crippen molar-refractivity contribution in [1.82, 2.24) is 10.0 Å². The fourth-order valence-corrected chi connectivity index (χ4v) is 4.33. The Bertz CT molecular complexity index is 293. The van der Waals surface area contributed by atoms with Crippen LogP contribution in [0.3, 0.4) is 0 Å². The van der Waals surface area contributed by atoms with Gasteiger partial charge >= 0.3 is 0 Å². The molecule has 2 rings (SSSR count). The average molecular weight is 335 g/mol. The Morgan fingerprint density at radius 3 is 2.90 bits per heavy atom. The molecule has 124 valence electrons. The molecule has 0 bridgehead atoms. The number of piperidine rings is 1. The van der Waals surface area contributed by atoms with Gasteiger partial charge < -0.3 is 10.1 Å². The second-order valence-electron chi connectivity index (χ2n) is 6.99. The van der Waals surface area contributed by atoms with Crippen LogP contribution in [0.15, 0.2) is 0 Å². The van der Waals surface area contributed by atoms with Crippen LogP contribution in [-0.4, -0.2) is 62.1 Å². The number of thiol groups is 1. The summed E-state index contributed by atoms with van der Waals surface area (Å²) in [5, 5.41) is 3.58. The molecular weight excluding hydrogens is 302 g/mol. The first-order chi connectivity index (χ1) is 10.0. The van der Waals surface area contributed by atoms with E-state index in [0.29, 0.717) is 16.0 Å². The van der Waals surface area contributed by atoms with Crippen LogP contribution in [-0.2, 0) is 4.74 Å². The molecule has 2 N–H and O–H groups in total. The second kappa shape index (κ2) is 8.99. The molecule has 0 amide bonds.